The number of aliphatic carboxylic acids is 1. The zero-order valence-corrected chi connectivity index (χ0v) is 21.3. The zero-order valence-electron chi connectivity index (χ0n) is 19.0. The summed E-state index contributed by atoms with van der Waals surface area (Å²) >= 11 is 10.2. The van der Waals surface area contributed by atoms with Gasteiger partial charge < -0.3 is 15.0 Å². The molecule has 0 saturated carbocycles. The van der Waals surface area contributed by atoms with Crippen LogP contribution in [0.2, 0.25) is 10.0 Å². The van der Waals surface area contributed by atoms with Crippen molar-refractivity contribution in [2.75, 3.05) is 0 Å². The van der Waals surface area contributed by atoms with E-state index in [1.807, 2.05) is 0 Å². The number of nitrogens with zero attached hydrogens (tertiary/aromatic N) is 1. The molecule has 0 fully saturated rings. The maximum absolute atomic E-state index is 14.3. The predicted molar refractivity (Wildman–Crippen MR) is 141 cm³/mol. The third-order valence-corrected chi connectivity index (χ3v) is 6.79. The number of rotatable bonds is 8. The van der Waals surface area contributed by atoms with E-state index in [4.69, 9.17) is 27.8 Å². The lowest BCUT2D eigenvalue weighted by Gasteiger charge is -2.16. The van der Waals surface area contributed by atoms with Crippen molar-refractivity contribution in [1.82, 2.24) is 10.3 Å². The van der Waals surface area contributed by atoms with Gasteiger partial charge in [-0.3, -0.25) is 4.79 Å². The topological polar surface area (TPSA) is 117 Å². The fourth-order valence-corrected chi connectivity index (χ4v) is 4.84. The summed E-state index contributed by atoms with van der Waals surface area (Å²) in [7, 11) is 0. The number of pyridine rings is 1. The summed E-state index contributed by atoms with van der Waals surface area (Å²) in [6, 6.07) is 15.8. The van der Waals surface area contributed by atoms with Crippen molar-refractivity contribution in [1.29, 1.82) is 0 Å². The monoisotopic (exact) mass is 560 g/mol. The molecule has 4 rings (SSSR count). The molecule has 0 aliphatic rings. The van der Waals surface area contributed by atoms with E-state index in [9.17, 15) is 23.3 Å². The van der Waals surface area contributed by atoms with Gasteiger partial charge in [-0.2, -0.15) is 0 Å². The lowest BCUT2D eigenvalue weighted by atomic mass is 10.0. The van der Waals surface area contributed by atoms with Gasteiger partial charge in [0.05, 0.1) is 38.1 Å². The van der Waals surface area contributed by atoms with Crippen LogP contribution in [0.5, 0.6) is 0 Å². The molecule has 37 heavy (non-hydrogen) atoms. The average molecular weight is 561 g/mol. The number of fused-ring (bicyclic) bond motifs is 1. The summed E-state index contributed by atoms with van der Waals surface area (Å²) in [6.07, 6.45) is -0.0168. The van der Waals surface area contributed by atoms with Crippen molar-refractivity contribution < 1.29 is 27.8 Å². The van der Waals surface area contributed by atoms with Crippen LogP contribution >= 0.6 is 23.2 Å². The Morgan fingerprint density at radius 2 is 1.76 bits per heavy atom. The van der Waals surface area contributed by atoms with Gasteiger partial charge in [-0.15, -0.1) is 0 Å². The highest BCUT2D eigenvalue weighted by Crippen LogP contribution is 2.30. The van der Waals surface area contributed by atoms with Crippen LogP contribution in [0.25, 0.3) is 22.2 Å². The van der Waals surface area contributed by atoms with E-state index in [1.165, 1.54) is 30.3 Å². The summed E-state index contributed by atoms with van der Waals surface area (Å²) in [5.74, 6) is -2.57. The number of halogens is 3. The van der Waals surface area contributed by atoms with E-state index < -0.39 is 34.8 Å². The lowest BCUT2D eigenvalue weighted by Crippen LogP contribution is -2.42. The van der Waals surface area contributed by atoms with Crippen LogP contribution in [0.1, 0.15) is 21.5 Å². The second-order valence-electron chi connectivity index (χ2n) is 8.17. The van der Waals surface area contributed by atoms with E-state index in [0.29, 0.717) is 27.7 Å². The minimum atomic E-state index is -2.07. The average Bonchev–Trinajstić information content (AvgIpc) is 2.83. The highest BCUT2D eigenvalue weighted by molar-refractivity contribution is 7.78. The third kappa shape index (κ3) is 6.31. The summed E-state index contributed by atoms with van der Waals surface area (Å²) in [5, 5.41) is 13.1. The molecule has 7 nitrogen and oxygen atoms in total. The Morgan fingerprint density at radius 3 is 2.43 bits per heavy atom. The van der Waals surface area contributed by atoms with Gasteiger partial charge in [-0.05, 0) is 53.6 Å². The molecule has 1 aromatic heterocycles. The smallest absolute Gasteiger partial charge is 0.326 e. The molecular formula is C26H19Cl2FN2O5S. The van der Waals surface area contributed by atoms with Gasteiger partial charge in [-0.25, -0.2) is 18.4 Å². The molecule has 0 spiro atoms. The lowest BCUT2D eigenvalue weighted by molar-refractivity contribution is -0.139. The summed E-state index contributed by atoms with van der Waals surface area (Å²) < 4.78 is 34.3. The van der Waals surface area contributed by atoms with Crippen LogP contribution in [0.15, 0.2) is 66.7 Å². The standard InChI is InChI=1S/C26H19Cl2FN2O5S/c27-18-2-1-3-20(29)24(18)22-9-6-16-10-14(5-8-21(16)30-22)12-23(26(33)34)31-25(32)17-7-4-15(11-19(17)28)13-37(35)36/h1-11,23H,12-13H2,(H,31,32)(H,33,34)(H,35,36)/t23-/m0/s1. The molecule has 3 N–H and O–H groups in total. The van der Waals surface area contributed by atoms with Gasteiger partial charge >= 0.3 is 5.97 Å². The molecule has 2 atom stereocenters. The minimum absolute atomic E-state index is 0.0168. The first kappa shape index (κ1) is 26.7. The van der Waals surface area contributed by atoms with E-state index >= 15 is 0 Å². The Hall–Kier alpha value is -3.37. The van der Waals surface area contributed by atoms with Crippen LogP contribution in [-0.2, 0) is 28.0 Å². The molecule has 0 saturated heterocycles. The number of amides is 1. The molecule has 0 aliphatic heterocycles. The largest absolute Gasteiger partial charge is 0.480 e. The van der Waals surface area contributed by atoms with Crippen LogP contribution in [0, 0.1) is 5.82 Å². The van der Waals surface area contributed by atoms with Crippen molar-refractivity contribution in [3.63, 3.8) is 0 Å². The van der Waals surface area contributed by atoms with Gasteiger partial charge in [0.15, 0.2) is 11.1 Å². The van der Waals surface area contributed by atoms with Crippen LogP contribution in [0.3, 0.4) is 0 Å². The van der Waals surface area contributed by atoms with Crippen molar-refractivity contribution >= 4 is 57.1 Å². The number of carbonyl (C=O) groups excluding carboxylic acids is 1. The SMILES string of the molecule is O=C(N[C@@H](Cc1ccc2nc(-c3c(F)cccc3Cl)ccc2c1)C(=O)O)c1ccc(CS(=O)O)cc1Cl. The molecule has 190 valence electrons. The first-order valence-electron chi connectivity index (χ1n) is 10.9. The molecule has 1 unspecified atom stereocenters. The van der Waals surface area contributed by atoms with Crippen LogP contribution in [0.4, 0.5) is 4.39 Å². The number of carboxylic acid groups (broad SMARTS) is 1. The van der Waals surface area contributed by atoms with Crippen molar-refractivity contribution in [2.45, 2.75) is 18.2 Å². The fraction of sp³-hybridized carbons (Fsp3) is 0.115. The number of nitrogens with one attached hydrogen (secondary N) is 1. The van der Waals surface area contributed by atoms with Crippen molar-refractivity contribution in [3.05, 3.63) is 99.3 Å². The number of aromatic nitrogens is 1. The first-order chi connectivity index (χ1) is 17.6. The molecule has 0 aliphatic carbocycles. The van der Waals surface area contributed by atoms with E-state index in [1.54, 1.807) is 36.4 Å². The number of carboxylic acids is 1. The van der Waals surface area contributed by atoms with Gasteiger partial charge in [-0.1, -0.05) is 47.5 Å². The third-order valence-electron chi connectivity index (χ3n) is 5.58. The van der Waals surface area contributed by atoms with E-state index in [0.717, 1.165) is 0 Å². The Bertz CT molecular complexity index is 1530. The second-order valence-corrected chi connectivity index (χ2v) is 9.91. The number of hydrogen-bond acceptors (Lipinski definition) is 4. The quantitative estimate of drug-likeness (QED) is 0.245. The highest BCUT2D eigenvalue weighted by Gasteiger charge is 2.23. The molecule has 3 aromatic carbocycles. The van der Waals surface area contributed by atoms with E-state index in [-0.39, 0.29) is 33.3 Å². The normalized spacial score (nSPS) is 12.8. The molecule has 1 amide bonds. The first-order valence-corrected chi connectivity index (χ1v) is 12.9. The Kier molecular flexibility index (Phi) is 8.19. The second kappa shape index (κ2) is 11.4. The maximum Gasteiger partial charge on any atom is 0.326 e. The summed E-state index contributed by atoms with van der Waals surface area (Å²) in [6.45, 7) is 0. The minimum Gasteiger partial charge on any atom is -0.480 e. The molecular weight excluding hydrogens is 542 g/mol. The Balaban J connectivity index is 1.53. The van der Waals surface area contributed by atoms with Crippen molar-refractivity contribution in [3.8, 4) is 11.3 Å². The summed E-state index contributed by atoms with van der Waals surface area (Å²) in [4.78, 5) is 29.1. The summed E-state index contributed by atoms with van der Waals surface area (Å²) in [5.41, 5.74) is 2.26. The molecule has 0 radical (unpaired) electrons. The molecule has 11 heteroatoms. The molecule has 0 bridgehead atoms. The van der Waals surface area contributed by atoms with Crippen LogP contribution in [-0.4, -0.2) is 36.8 Å². The Morgan fingerprint density at radius 1 is 1.00 bits per heavy atom. The van der Waals surface area contributed by atoms with Crippen LogP contribution < -0.4 is 5.32 Å². The Labute approximate surface area is 223 Å². The van der Waals surface area contributed by atoms with Gasteiger partial charge in [0.1, 0.15) is 11.9 Å². The van der Waals surface area contributed by atoms with Gasteiger partial charge in [0, 0.05) is 11.8 Å². The highest BCUT2D eigenvalue weighted by atomic mass is 35.5. The maximum atomic E-state index is 14.3. The van der Waals surface area contributed by atoms with Gasteiger partial charge in [0.25, 0.3) is 5.91 Å². The van der Waals surface area contributed by atoms with E-state index in [2.05, 4.69) is 10.3 Å². The predicted octanol–water partition coefficient (Wildman–Crippen LogP) is 5.50. The zero-order chi connectivity index (χ0) is 26.7. The number of benzene rings is 3. The molecule has 1 heterocycles. The molecule has 4 aromatic rings. The fourth-order valence-electron chi connectivity index (χ4n) is 3.83. The number of carbonyl (C=O) groups is 2. The van der Waals surface area contributed by atoms with Crippen molar-refractivity contribution in [2.24, 2.45) is 0 Å². The van der Waals surface area contributed by atoms with Gasteiger partial charge in [0.2, 0.25) is 0 Å². The number of hydrogen-bond donors (Lipinski definition) is 3.